The number of hydrogen-bond acceptors (Lipinski definition) is 6. The van der Waals surface area contributed by atoms with Gasteiger partial charge in [0, 0.05) is 43.5 Å². The predicted octanol–water partition coefficient (Wildman–Crippen LogP) is 4.81. The zero-order chi connectivity index (χ0) is 26.8. The van der Waals surface area contributed by atoms with E-state index in [1.54, 1.807) is 31.4 Å². The van der Waals surface area contributed by atoms with Crippen LogP contribution in [0.4, 0.5) is 14.5 Å². The topological polar surface area (TPSA) is 106 Å². The van der Waals surface area contributed by atoms with E-state index in [4.69, 9.17) is 4.74 Å². The Balaban J connectivity index is 1.43. The Kier molecular flexibility index (Phi) is 6.63. The molecule has 0 aliphatic heterocycles. The monoisotopic (exact) mass is 514 g/mol. The number of nitrogens with zero attached hydrogens (tertiary/aromatic N) is 3. The van der Waals surface area contributed by atoms with Crippen molar-refractivity contribution in [1.29, 1.82) is 0 Å². The first kappa shape index (κ1) is 24.7. The van der Waals surface area contributed by atoms with Gasteiger partial charge in [0.25, 0.3) is 5.91 Å². The molecule has 190 valence electrons. The highest BCUT2D eigenvalue weighted by molar-refractivity contribution is 6.04. The zero-order valence-corrected chi connectivity index (χ0v) is 20.0. The number of pyridine rings is 3. The molecule has 0 aliphatic carbocycles. The highest BCUT2D eigenvalue weighted by Gasteiger charge is 2.21. The van der Waals surface area contributed by atoms with E-state index >= 15 is 0 Å². The number of aryl methyl sites for hydroxylation is 1. The van der Waals surface area contributed by atoms with E-state index in [2.05, 4.69) is 15.3 Å². The number of amides is 1. The molecule has 1 amide bonds. The second-order valence-corrected chi connectivity index (χ2v) is 8.35. The summed E-state index contributed by atoms with van der Waals surface area (Å²) >= 11 is 0. The average Bonchev–Trinajstić information content (AvgIpc) is 2.91. The highest BCUT2D eigenvalue weighted by Crippen LogP contribution is 2.30. The molecule has 0 atom stereocenters. The van der Waals surface area contributed by atoms with Gasteiger partial charge in [-0.3, -0.25) is 19.6 Å². The predicted molar refractivity (Wildman–Crippen MR) is 137 cm³/mol. The minimum Gasteiger partial charge on any atom is -0.452 e. The van der Waals surface area contributed by atoms with Crippen molar-refractivity contribution in [2.45, 2.75) is 6.61 Å². The number of anilines is 1. The Morgan fingerprint density at radius 3 is 2.55 bits per heavy atom. The van der Waals surface area contributed by atoms with Crippen LogP contribution in [0.25, 0.3) is 22.2 Å². The molecule has 0 fully saturated rings. The lowest BCUT2D eigenvalue weighted by Gasteiger charge is -2.15. The van der Waals surface area contributed by atoms with Gasteiger partial charge >= 0.3 is 0 Å². The van der Waals surface area contributed by atoms with Crippen molar-refractivity contribution < 1.29 is 23.4 Å². The maximum Gasteiger partial charge on any atom is 0.261 e. The Hall–Kier alpha value is -4.96. The van der Waals surface area contributed by atoms with Crippen LogP contribution in [0.15, 0.2) is 84.0 Å². The summed E-state index contributed by atoms with van der Waals surface area (Å²) in [5, 5.41) is 12.4. The van der Waals surface area contributed by atoms with Crippen molar-refractivity contribution in [3.8, 4) is 22.6 Å². The molecule has 2 aromatic carbocycles. The number of fused-ring (bicyclic) bond motifs is 1. The molecule has 5 rings (SSSR count). The van der Waals surface area contributed by atoms with Crippen LogP contribution in [0.1, 0.15) is 16.1 Å². The van der Waals surface area contributed by atoms with E-state index in [-0.39, 0.29) is 28.3 Å². The first-order valence-corrected chi connectivity index (χ1v) is 11.4. The van der Waals surface area contributed by atoms with Crippen LogP contribution in [0.3, 0.4) is 0 Å². The minimum atomic E-state index is -0.782. The average molecular weight is 514 g/mol. The lowest BCUT2D eigenvalue weighted by molar-refractivity contribution is 0.102. The summed E-state index contributed by atoms with van der Waals surface area (Å²) in [5.74, 6) is -1.81. The van der Waals surface area contributed by atoms with Gasteiger partial charge in [-0.05, 0) is 42.0 Å². The number of carbonyl (C=O) groups is 1. The molecule has 3 aromatic heterocycles. The number of aromatic nitrogens is 3. The lowest BCUT2D eigenvalue weighted by Crippen LogP contribution is -2.26. The molecule has 0 saturated carbocycles. The summed E-state index contributed by atoms with van der Waals surface area (Å²) in [7, 11) is 1.57. The normalized spacial score (nSPS) is 10.9. The number of ether oxygens (including phenoxy) is 1. The van der Waals surface area contributed by atoms with Crippen molar-refractivity contribution in [2.24, 2.45) is 7.05 Å². The van der Waals surface area contributed by atoms with E-state index < -0.39 is 29.6 Å². The van der Waals surface area contributed by atoms with Gasteiger partial charge in [-0.1, -0.05) is 12.1 Å². The van der Waals surface area contributed by atoms with Crippen LogP contribution in [-0.4, -0.2) is 25.5 Å². The molecule has 0 spiro atoms. The molecule has 8 nitrogen and oxygen atoms in total. The van der Waals surface area contributed by atoms with E-state index in [0.717, 1.165) is 6.07 Å². The van der Waals surface area contributed by atoms with E-state index in [9.17, 15) is 23.5 Å². The van der Waals surface area contributed by atoms with Gasteiger partial charge in [0.15, 0.2) is 17.3 Å². The zero-order valence-electron chi connectivity index (χ0n) is 20.0. The molecule has 0 radical (unpaired) electrons. The lowest BCUT2D eigenvalue weighted by atomic mass is 10.0. The second kappa shape index (κ2) is 10.2. The maximum absolute atomic E-state index is 14.9. The summed E-state index contributed by atoms with van der Waals surface area (Å²) in [6.07, 6.45) is 4.38. The van der Waals surface area contributed by atoms with E-state index in [1.165, 1.54) is 53.4 Å². The molecule has 38 heavy (non-hydrogen) atoms. The Bertz CT molecular complexity index is 1730. The molecular formula is C28H20F2N4O4. The van der Waals surface area contributed by atoms with Crippen molar-refractivity contribution in [3.05, 3.63) is 112 Å². The van der Waals surface area contributed by atoms with Crippen molar-refractivity contribution in [2.75, 3.05) is 5.32 Å². The van der Waals surface area contributed by atoms with Crippen LogP contribution in [0, 0.1) is 11.6 Å². The van der Waals surface area contributed by atoms with Crippen LogP contribution >= 0.6 is 0 Å². The molecule has 0 unspecified atom stereocenters. The van der Waals surface area contributed by atoms with Gasteiger partial charge in [-0.15, -0.1) is 0 Å². The van der Waals surface area contributed by atoms with E-state index in [0.29, 0.717) is 22.3 Å². The van der Waals surface area contributed by atoms with Gasteiger partial charge in [-0.2, -0.15) is 0 Å². The molecular weight excluding hydrogens is 494 g/mol. The molecule has 0 saturated heterocycles. The number of benzene rings is 2. The number of hydrogen-bond donors (Lipinski definition) is 2. The van der Waals surface area contributed by atoms with Gasteiger partial charge in [0.2, 0.25) is 5.43 Å². The quantitative estimate of drug-likeness (QED) is 0.337. The fraction of sp³-hybridized carbons (Fsp3) is 0.0714. The molecule has 10 heteroatoms. The standard InChI is InChI=1S/C28H20F2N4O4/c1-34-14-19(27(36)25(22(34)15-35)16-4-6-17(29)7-5-16)28(37)33-18-8-9-23(20(30)13-18)38-24-10-12-31-21-3-2-11-32-26(21)24/h2-14,35H,15H2,1H3,(H,33,37). The van der Waals surface area contributed by atoms with Crippen molar-refractivity contribution in [1.82, 2.24) is 14.5 Å². The molecule has 0 aliphatic rings. The highest BCUT2D eigenvalue weighted by atomic mass is 19.1. The summed E-state index contributed by atoms with van der Waals surface area (Å²) < 4.78 is 35.5. The SMILES string of the molecule is Cn1cc(C(=O)Nc2ccc(Oc3ccnc4cccnc34)c(F)c2)c(=O)c(-c2ccc(F)cc2)c1CO. The number of nitrogens with one attached hydrogen (secondary N) is 1. The molecule has 5 aromatic rings. The van der Waals surface area contributed by atoms with Gasteiger partial charge in [0.1, 0.15) is 16.9 Å². The largest absolute Gasteiger partial charge is 0.452 e. The van der Waals surface area contributed by atoms with Crippen LogP contribution < -0.4 is 15.5 Å². The Labute approximate surface area is 214 Å². The third kappa shape index (κ3) is 4.72. The van der Waals surface area contributed by atoms with Crippen LogP contribution in [0.2, 0.25) is 0 Å². The third-order valence-electron chi connectivity index (χ3n) is 5.91. The Morgan fingerprint density at radius 2 is 1.82 bits per heavy atom. The van der Waals surface area contributed by atoms with Gasteiger partial charge < -0.3 is 19.7 Å². The van der Waals surface area contributed by atoms with Crippen LogP contribution in [-0.2, 0) is 13.7 Å². The summed E-state index contributed by atoms with van der Waals surface area (Å²) in [6.45, 7) is -0.477. The van der Waals surface area contributed by atoms with Crippen LogP contribution in [0.5, 0.6) is 11.5 Å². The summed E-state index contributed by atoms with van der Waals surface area (Å²) in [5.41, 5.74) is 0.909. The fourth-order valence-corrected chi connectivity index (χ4v) is 4.05. The number of halogens is 2. The van der Waals surface area contributed by atoms with Crippen molar-refractivity contribution in [3.63, 3.8) is 0 Å². The van der Waals surface area contributed by atoms with E-state index in [1.807, 2.05) is 0 Å². The number of aliphatic hydroxyl groups is 1. The first-order valence-electron chi connectivity index (χ1n) is 11.4. The molecule has 0 bridgehead atoms. The first-order chi connectivity index (χ1) is 18.4. The smallest absolute Gasteiger partial charge is 0.261 e. The molecule has 2 N–H and O–H groups in total. The van der Waals surface area contributed by atoms with Gasteiger partial charge in [-0.25, -0.2) is 8.78 Å². The number of rotatable bonds is 6. The summed E-state index contributed by atoms with van der Waals surface area (Å²) in [6, 6.07) is 14.0. The Morgan fingerprint density at radius 1 is 1.03 bits per heavy atom. The molecule has 3 heterocycles. The van der Waals surface area contributed by atoms with Crippen molar-refractivity contribution >= 4 is 22.6 Å². The maximum atomic E-state index is 14.9. The second-order valence-electron chi connectivity index (χ2n) is 8.35. The van der Waals surface area contributed by atoms with Gasteiger partial charge in [0.05, 0.1) is 23.4 Å². The fourth-order valence-electron chi connectivity index (χ4n) is 4.05. The number of carbonyl (C=O) groups excluding carboxylic acids is 1. The minimum absolute atomic E-state index is 0.0655. The number of aliphatic hydroxyl groups excluding tert-OH is 1. The third-order valence-corrected chi connectivity index (χ3v) is 5.91. The summed E-state index contributed by atoms with van der Waals surface area (Å²) in [4.78, 5) is 34.7.